The van der Waals surface area contributed by atoms with Crippen molar-refractivity contribution in [3.8, 4) is 0 Å². The Morgan fingerprint density at radius 1 is 0.769 bits per heavy atom. The van der Waals surface area contributed by atoms with Crippen molar-refractivity contribution in [3.05, 3.63) is 0 Å². The Kier molecular flexibility index (Phi) is 5.31. The molecule has 1 heterocycles. The summed E-state index contributed by atoms with van der Waals surface area (Å²) in [5, 5.41) is 17.6. The van der Waals surface area contributed by atoms with Crippen molar-refractivity contribution in [1.29, 1.82) is 0 Å². The minimum absolute atomic E-state index is 0.250. The highest BCUT2D eigenvalue weighted by Gasteiger charge is 2.13. The zero-order valence-electron chi connectivity index (χ0n) is 8.15. The molecule has 78 valence electrons. The van der Waals surface area contributed by atoms with E-state index >= 15 is 0 Å². The van der Waals surface area contributed by atoms with E-state index in [1.807, 2.05) is 0 Å². The normalized spacial score (nSPS) is 21.7. The fraction of sp³-hybridized carbons (Fsp3) is 1.00. The predicted molar refractivity (Wildman–Crippen MR) is 51.7 cm³/mol. The van der Waals surface area contributed by atoms with Gasteiger partial charge in [0, 0.05) is 26.2 Å². The van der Waals surface area contributed by atoms with E-state index in [0.717, 1.165) is 45.7 Å². The molecular formula is C9H20N2O2. The summed E-state index contributed by atoms with van der Waals surface area (Å²) in [6.07, 6.45) is 1.14. The summed E-state index contributed by atoms with van der Waals surface area (Å²) in [5.74, 6) is 0. The Labute approximate surface area is 79.8 Å². The average Bonchev–Trinajstić information content (AvgIpc) is 2.33. The van der Waals surface area contributed by atoms with Crippen LogP contribution in [0.5, 0.6) is 0 Å². The Balaban J connectivity index is 2.22. The number of rotatable bonds is 4. The summed E-state index contributed by atoms with van der Waals surface area (Å²) in [7, 11) is 0. The Morgan fingerprint density at radius 3 is 1.62 bits per heavy atom. The van der Waals surface area contributed by atoms with Gasteiger partial charge in [0.15, 0.2) is 0 Å². The highest BCUT2D eigenvalue weighted by molar-refractivity contribution is 4.68. The van der Waals surface area contributed by atoms with E-state index in [2.05, 4.69) is 9.80 Å². The molecule has 0 aromatic carbocycles. The summed E-state index contributed by atoms with van der Waals surface area (Å²) in [6, 6.07) is 0. The summed E-state index contributed by atoms with van der Waals surface area (Å²) < 4.78 is 0. The van der Waals surface area contributed by atoms with Gasteiger partial charge in [-0.25, -0.2) is 0 Å². The predicted octanol–water partition coefficient (Wildman–Crippen LogP) is -1.02. The number of nitrogens with zero attached hydrogens (tertiary/aromatic N) is 2. The molecule has 1 aliphatic heterocycles. The lowest BCUT2D eigenvalue weighted by Gasteiger charge is -2.20. The zero-order chi connectivity index (χ0) is 9.52. The minimum atomic E-state index is 0.250. The SMILES string of the molecule is OCCN1CCCN(CCO)CC1. The maximum atomic E-state index is 8.78. The van der Waals surface area contributed by atoms with Gasteiger partial charge in [0.1, 0.15) is 0 Å². The Morgan fingerprint density at radius 2 is 1.23 bits per heavy atom. The standard InChI is InChI=1S/C9H20N2O2/c12-8-6-10-2-1-3-11(5-4-10)7-9-13/h12-13H,1-9H2. The van der Waals surface area contributed by atoms with Gasteiger partial charge >= 0.3 is 0 Å². The highest BCUT2D eigenvalue weighted by Crippen LogP contribution is 2.01. The van der Waals surface area contributed by atoms with Gasteiger partial charge in [-0.3, -0.25) is 9.80 Å². The van der Waals surface area contributed by atoms with E-state index in [9.17, 15) is 0 Å². The molecule has 0 atom stereocenters. The van der Waals surface area contributed by atoms with Crippen LogP contribution in [0.25, 0.3) is 0 Å². The largest absolute Gasteiger partial charge is 0.395 e. The Hall–Kier alpha value is -0.160. The van der Waals surface area contributed by atoms with Crippen LogP contribution in [0.3, 0.4) is 0 Å². The highest BCUT2D eigenvalue weighted by atomic mass is 16.3. The van der Waals surface area contributed by atoms with Crippen molar-refractivity contribution < 1.29 is 10.2 Å². The quantitative estimate of drug-likeness (QED) is 0.593. The van der Waals surface area contributed by atoms with Crippen molar-refractivity contribution in [3.63, 3.8) is 0 Å². The summed E-state index contributed by atoms with van der Waals surface area (Å²) >= 11 is 0. The van der Waals surface area contributed by atoms with Crippen molar-refractivity contribution in [1.82, 2.24) is 9.80 Å². The van der Waals surface area contributed by atoms with Crippen LogP contribution >= 0.6 is 0 Å². The van der Waals surface area contributed by atoms with Crippen molar-refractivity contribution >= 4 is 0 Å². The van der Waals surface area contributed by atoms with Crippen molar-refractivity contribution in [2.45, 2.75) is 6.42 Å². The first-order valence-corrected chi connectivity index (χ1v) is 5.03. The van der Waals surface area contributed by atoms with Gasteiger partial charge in [0.05, 0.1) is 13.2 Å². The second-order valence-corrected chi connectivity index (χ2v) is 3.48. The smallest absolute Gasteiger partial charge is 0.0558 e. The van der Waals surface area contributed by atoms with Crippen LogP contribution in [0.1, 0.15) is 6.42 Å². The molecule has 0 saturated carbocycles. The van der Waals surface area contributed by atoms with Crippen LogP contribution < -0.4 is 0 Å². The van der Waals surface area contributed by atoms with E-state index in [-0.39, 0.29) is 13.2 Å². The van der Waals surface area contributed by atoms with Gasteiger partial charge in [-0.1, -0.05) is 0 Å². The van der Waals surface area contributed by atoms with Gasteiger partial charge in [-0.05, 0) is 19.5 Å². The maximum absolute atomic E-state index is 8.78. The number of β-amino-alcohol motifs (C(OH)–C–C–N with tert-alkyl or cyclic N) is 2. The van der Waals surface area contributed by atoms with E-state index < -0.39 is 0 Å². The monoisotopic (exact) mass is 188 g/mol. The summed E-state index contributed by atoms with van der Waals surface area (Å²) in [5.41, 5.74) is 0. The number of hydrogen-bond donors (Lipinski definition) is 2. The van der Waals surface area contributed by atoms with E-state index in [0.29, 0.717) is 0 Å². The lowest BCUT2D eigenvalue weighted by molar-refractivity contribution is 0.183. The third kappa shape index (κ3) is 4.04. The molecule has 0 bridgehead atoms. The molecule has 4 heteroatoms. The van der Waals surface area contributed by atoms with Crippen molar-refractivity contribution in [2.24, 2.45) is 0 Å². The number of aliphatic hydroxyl groups excluding tert-OH is 2. The van der Waals surface area contributed by atoms with Crippen LogP contribution in [0.2, 0.25) is 0 Å². The number of aliphatic hydroxyl groups is 2. The van der Waals surface area contributed by atoms with Gasteiger partial charge in [0.25, 0.3) is 0 Å². The first-order valence-electron chi connectivity index (χ1n) is 5.03. The van der Waals surface area contributed by atoms with Gasteiger partial charge in [0.2, 0.25) is 0 Å². The molecule has 0 amide bonds. The van der Waals surface area contributed by atoms with Crippen LogP contribution in [0, 0.1) is 0 Å². The second kappa shape index (κ2) is 6.32. The van der Waals surface area contributed by atoms with Crippen LogP contribution in [-0.2, 0) is 0 Å². The summed E-state index contributed by atoms with van der Waals surface area (Å²) in [6.45, 7) is 6.24. The van der Waals surface area contributed by atoms with Gasteiger partial charge in [-0.15, -0.1) is 0 Å². The molecule has 0 aliphatic carbocycles. The third-order valence-electron chi connectivity index (χ3n) is 2.51. The summed E-state index contributed by atoms with van der Waals surface area (Å²) in [4.78, 5) is 4.55. The third-order valence-corrected chi connectivity index (χ3v) is 2.51. The Bertz CT molecular complexity index is 119. The lowest BCUT2D eigenvalue weighted by Crippen LogP contribution is -2.33. The fourth-order valence-electron chi connectivity index (χ4n) is 1.75. The fourth-order valence-corrected chi connectivity index (χ4v) is 1.75. The molecule has 1 saturated heterocycles. The van der Waals surface area contributed by atoms with Crippen LogP contribution in [0.15, 0.2) is 0 Å². The first-order chi connectivity index (χ1) is 6.36. The molecule has 4 nitrogen and oxygen atoms in total. The average molecular weight is 188 g/mol. The van der Waals surface area contributed by atoms with E-state index in [1.165, 1.54) is 0 Å². The molecule has 1 rings (SSSR count). The molecule has 13 heavy (non-hydrogen) atoms. The molecule has 1 aliphatic rings. The molecule has 0 spiro atoms. The second-order valence-electron chi connectivity index (χ2n) is 3.48. The maximum Gasteiger partial charge on any atom is 0.0558 e. The topological polar surface area (TPSA) is 46.9 Å². The first kappa shape index (κ1) is 10.9. The zero-order valence-corrected chi connectivity index (χ0v) is 8.15. The number of hydrogen-bond acceptors (Lipinski definition) is 4. The van der Waals surface area contributed by atoms with Gasteiger partial charge in [-0.2, -0.15) is 0 Å². The van der Waals surface area contributed by atoms with Crippen LogP contribution in [-0.4, -0.2) is 72.5 Å². The van der Waals surface area contributed by atoms with Gasteiger partial charge < -0.3 is 10.2 Å². The van der Waals surface area contributed by atoms with Crippen molar-refractivity contribution in [2.75, 3.05) is 52.5 Å². The minimum Gasteiger partial charge on any atom is -0.395 e. The molecule has 0 radical (unpaired) electrons. The molecule has 0 aromatic rings. The molecule has 0 unspecified atom stereocenters. The van der Waals surface area contributed by atoms with E-state index in [4.69, 9.17) is 10.2 Å². The lowest BCUT2D eigenvalue weighted by atomic mass is 10.4. The van der Waals surface area contributed by atoms with E-state index in [1.54, 1.807) is 0 Å². The molecule has 0 aromatic heterocycles. The molecule has 2 N–H and O–H groups in total. The molecule has 1 fully saturated rings. The molecular weight excluding hydrogens is 168 g/mol. The van der Waals surface area contributed by atoms with Crippen LogP contribution in [0.4, 0.5) is 0 Å².